The van der Waals surface area contributed by atoms with E-state index < -0.39 is 0 Å². The molecule has 18 heavy (non-hydrogen) atoms. The highest BCUT2D eigenvalue weighted by Gasteiger charge is 2.07. The Morgan fingerprint density at radius 2 is 1.61 bits per heavy atom. The molecule has 0 spiro atoms. The molecule has 1 atom stereocenters. The first-order chi connectivity index (χ1) is 8.74. The van der Waals surface area contributed by atoms with Crippen LogP contribution in [0.1, 0.15) is 85.0 Å². The van der Waals surface area contributed by atoms with E-state index in [1.807, 2.05) is 0 Å². The molecular formula is C16H32O2. The van der Waals surface area contributed by atoms with Gasteiger partial charge in [-0.25, -0.2) is 0 Å². The zero-order valence-electron chi connectivity index (χ0n) is 12.7. The first-order valence-electron chi connectivity index (χ1n) is 7.90. The maximum atomic E-state index is 11.4. The summed E-state index contributed by atoms with van der Waals surface area (Å²) in [5, 5.41) is 0. The third kappa shape index (κ3) is 10.6. The van der Waals surface area contributed by atoms with Gasteiger partial charge in [-0.05, 0) is 25.2 Å². The minimum absolute atomic E-state index is 0.00921. The smallest absolute Gasteiger partial charge is 0.305 e. The van der Waals surface area contributed by atoms with E-state index in [0.29, 0.717) is 13.0 Å². The van der Waals surface area contributed by atoms with E-state index in [2.05, 4.69) is 20.8 Å². The average molecular weight is 256 g/mol. The molecule has 0 bridgehead atoms. The number of hydrogen-bond donors (Lipinski definition) is 0. The highest BCUT2D eigenvalue weighted by Crippen LogP contribution is 2.18. The van der Waals surface area contributed by atoms with Crippen LogP contribution in [0, 0.1) is 5.92 Å². The highest BCUT2D eigenvalue weighted by molar-refractivity contribution is 5.69. The molecule has 0 radical (unpaired) electrons. The fourth-order valence-corrected chi connectivity index (χ4v) is 2.19. The molecule has 0 heterocycles. The lowest BCUT2D eigenvalue weighted by atomic mass is 9.94. The van der Waals surface area contributed by atoms with E-state index in [9.17, 15) is 4.79 Å². The Morgan fingerprint density at radius 3 is 2.22 bits per heavy atom. The van der Waals surface area contributed by atoms with Crippen molar-refractivity contribution in [1.82, 2.24) is 0 Å². The third-order valence-electron chi connectivity index (χ3n) is 3.55. The van der Waals surface area contributed by atoms with Crippen LogP contribution >= 0.6 is 0 Å². The van der Waals surface area contributed by atoms with E-state index in [1.165, 1.54) is 32.1 Å². The van der Waals surface area contributed by atoms with Gasteiger partial charge in [-0.2, -0.15) is 0 Å². The maximum Gasteiger partial charge on any atom is 0.305 e. The van der Waals surface area contributed by atoms with Crippen molar-refractivity contribution in [2.45, 2.75) is 85.0 Å². The van der Waals surface area contributed by atoms with Crippen molar-refractivity contribution in [3.63, 3.8) is 0 Å². The van der Waals surface area contributed by atoms with Gasteiger partial charge in [0.15, 0.2) is 0 Å². The molecule has 0 aliphatic rings. The van der Waals surface area contributed by atoms with Gasteiger partial charge in [0.25, 0.3) is 0 Å². The third-order valence-corrected chi connectivity index (χ3v) is 3.55. The number of unbranched alkanes of at least 4 members (excludes halogenated alkanes) is 3. The molecule has 0 amide bonds. The van der Waals surface area contributed by atoms with Gasteiger partial charge in [0.05, 0.1) is 6.61 Å². The lowest BCUT2D eigenvalue weighted by Gasteiger charge is -2.14. The molecule has 0 aliphatic carbocycles. The molecule has 0 rings (SSSR count). The molecular weight excluding hydrogens is 224 g/mol. The molecule has 0 aliphatic heterocycles. The number of rotatable bonds is 12. The Morgan fingerprint density at radius 1 is 0.944 bits per heavy atom. The minimum Gasteiger partial charge on any atom is -0.466 e. The predicted molar refractivity (Wildman–Crippen MR) is 77.6 cm³/mol. The molecule has 0 N–H and O–H groups in total. The quantitative estimate of drug-likeness (QED) is 0.358. The zero-order chi connectivity index (χ0) is 13.6. The Balaban J connectivity index is 3.43. The van der Waals surface area contributed by atoms with Gasteiger partial charge >= 0.3 is 5.97 Å². The Labute approximate surface area is 113 Å². The summed E-state index contributed by atoms with van der Waals surface area (Å²) in [6, 6.07) is 0. The molecule has 0 aromatic carbocycles. The second-order valence-corrected chi connectivity index (χ2v) is 5.24. The van der Waals surface area contributed by atoms with E-state index in [1.54, 1.807) is 0 Å². The number of esters is 1. The Hall–Kier alpha value is -0.530. The van der Waals surface area contributed by atoms with Crippen LogP contribution in [0.15, 0.2) is 0 Å². The van der Waals surface area contributed by atoms with Gasteiger partial charge in [0, 0.05) is 6.42 Å². The van der Waals surface area contributed by atoms with E-state index in [4.69, 9.17) is 4.74 Å². The van der Waals surface area contributed by atoms with Gasteiger partial charge < -0.3 is 4.74 Å². The first kappa shape index (κ1) is 17.5. The molecule has 108 valence electrons. The SMILES string of the molecule is CCCCCC(=O)OCCCC(CC)CCCC. The summed E-state index contributed by atoms with van der Waals surface area (Å²) in [4.78, 5) is 11.4. The molecule has 0 aromatic rings. The first-order valence-corrected chi connectivity index (χ1v) is 7.90. The summed E-state index contributed by atoms with van der Waals surface area (Å²) >= 11 is 0. The average Bonchev–Trinajstić information content (AvgIpc) is 2.38. The van der Waals surface area contributed by atoms with Crippen LogP contribution in [0.2, 0.25) is 0 Å². The van der Waals surface area contributed by atoms with E-state index in [-0.39, 0.29) is 5.97 Å². The van der Waals surface area contributed by atoms with E-state index in [0.717, 1.165) is 31.6 Å². The standard InChI is InChI=1S/C16H32O2/c1-4-7-9-13-16(17)18-14-10-12-15(6-3)11-8-5-2/h15H,4-14H2,1-3H3. The highest BCUT2D eigenvalue weighted by atomic mass is 16.5. The normalized spacial score (nSPS) is 12.4. The molecule has 0 saturated heterocycles. The summed E-state index contributed by atoms with van der Waals surface area (Å²) in [7, 11) is 0. The predicted octanol–water partition coefficient (Wildman–Crippen LogP) is 5.11. The second kappa shape index (κ2) is 12.9. The Kier molecular flexibility index (Phi) is 12.5. The van der Waals surface area contributed by atoms with Crippen molar-refractivity contribution in [3.8, 4) is 0 Å². The molecule has 2 nitrogen and oxygen atoms in total. The summed E-state index contributed by atoms with van der Waals surface area (Å²) in [5.74, 6) is 0.814. The van der Waals surface area contributed by atoms with Gasteiger partial charge in [0.1, 0.15) is 0 Å². The monoisotopic (exact) mass is 256 g/mol. The van der Waals surface area contributed by atoms with Crippen LogP contribution in [0.25, 0.3) is 0 Å². The summed E-state index contributed by atoms with van der Waals surface area (Å²) in [5.41, 5.74) is 0. The van der Waals surface area contributed by atoms with Crippen LogP contribution in [-0.2, 0) is 9.53 Å². The summed E-state index contributed by atoms with van der Waals surface area (Å²) in [6.07, 6.45) is 11.3. The fourth-order valence-electron chi connectivity index (χ4n) is 2.19. The van der Waals surface area contributed by atoms with Gasteiger partial charge in [-0.3, -0.25) is 4.79 Å². The van der Waals surface area contributed by atoms with E-state index >= 15 is 0 Å². The van der Waals surface area contributed by atoms with Gasteiger partial charge in [-0.15, -0.1) is 0 Å². The molecule has 0 saturated carbocycles. The lowest BCUT2D eigenvalue weighted by Crippen LogP contribution is -2.07. The lowest BCUT2D eigenvalue weighted by molar-refractivity contribution is -0.143. The molecule has 0 fully saturated rings. The molecule has 0 aromatic heterocycles. The van der Waals surface area contributed by atoms with Gasteiger partial charge in [-0.1, -0.05) is 59.3 Å². The van der Waals surface area contributed by atoms with Crippen LogP contribution in [0.5, 0.6) is 0 Å². The van der Waals surface area contributed by atoms with Crippen molar-refractivity contribution in [1.29, 1.82) is 0 Å². The van der Waals surface area contributed by atoms with Crippen molar-refractivity contribution in [2.24, 2.45) is 5.92 Å². The topological polar surface area (TPSA) is 26.3 Å². The van der Waals surface area contributed by atoms with Crippen LogP contribution in [-0.4, -0.2) is 12.6 Å². The number of carbonyl (C=O) groups excluding carboxylic acids is 1. The Bertz CT molecular complexity index is 190. The number of ether oxygens (including phenoxy) is 1. The van der Waals surface area contributed by atoms with Gasteiger partial charge in [0.2, 0.25) is 0 Å². The largest absolute Gasteiger partial charge is 0.466 e. The minimum atomic E-state index is -0.00921. The second-order valence-electron chi connectivity index (χ2n) is 5.24. The summed E-state index contributed by atoms with van der Waals surface area (Å²) in [6.45, 7) is 7.27. The molecule has 2 heteroatoms. The number of hydrogen-bond acceptors (Lipinski definition) is 2. The van der Waals surface area contributed by atoms with Crippen LogP contribution in [0.4, 0.5) is 0 Å². The maximum absolute atomic E-state index is 11.4. The van der Waals surface area contributed by atoms with Crippen molar-refractivity contribution >= 4 is 5.97 Å². The zero-order valence-corrected chi connectivity index (χ0v) is 12.7. The molecule has 1 unspecified atom stereocenters. The van der Waals surface area contributed by atoms with Crippen molar-refractivity contribution < 1.29 is 9.53 Å². The van der Waals surface area contributed by atoms with Crippen LogP contribution < -0.4 is 0 Å². The summed E-state index contributed by atoms with van der Waals surface area (Å²) < 4.78 is 5.25. The number of carbonyl (C=O) groups is 1. The van der Waals surface area contributed by atoms with Crippen molar-refractivity contribution in [3.05, 3.63) is 0 Å². The van der Waals surface area contributed by atoms with Crippen LogP contribution in [0.3, 0.4) is 0 Å². The van der Waals surface area contributed by atoms with Crippen molar-refractivity contribution in [2.75, 3.05) is 6.61 Å². The fraction of sp³-hybridized carbons (Fsp3) is 0.938.